The summed E-state index contributed by atoms with van der Waals surface area (Å²) in [6.07, 6.45) is 1.32. The van der Waals surface area contributed by atoms with Gasteiger partial charge in [0, 0.05) is 6.42 Å². The lowest BCUT2D eigenvalue weighted by atomic mass is 10.1. The zero-order valence-electron chi connectivity index (χ0n) is 17.2. The van der Waals surface area contributed by atoms with E-state index in [1.54, 1.807) is 24.3 Å². The van der Waals surface area contributed by atoms with Gasteiger partial charge in [0.05, 0.1) is 11.1 Å². The Bertz CT molecular complexity index is 750. The summed E-state index contributed by atoms with van der Waals surface area (Å²) in [6.45, 7) is 11.3. The maximum absolute atomic E-state index is 12.2. The molecule has 0 saturated carbocycles. The number of benzene rings is 2. The largest absolute Gasteiger partial charge is 0.373 e. The average Bonchev–Trinajstić information content (AvgIpc) is 2.65. The molecule has 0 bridgehead atoms. The van der Waals surface area contributed by atoms with E-state index in [0.717, 1.165) is 22.3 Å². The van der Waals surface area contributed by atoms with Crippen LogP contribution in [-0.2, 0) is 19.6 Å². The number of aryl methyl sites for hydroxylation is 4. The fourth-order valence-corrected chi connectivity index (χ4v) is 2.82. The molecule has 6 nitrogen and oxygen atoms in total. The first-order valence-corrected chi connectivity index (χ1v) is 9.38. The lowest BCUT2D eigenvalue weighted by Crippen LogP contribution is -2.16. The van der Waals surface area contributed by atoms with Crippen LogP contribution in [0.1, 0.15) is 62.2 Å². The summed E-state index contributed by atoms with van der Waals surface area (Å²) in [7, 11) is 0. The van der Waals surface area contributed by atoms with Gasteiger partial charge in [-0.05, 0) is 58.4 Å². The van der Waals surface area contributed by atoms with Gasteiger partial charge in [-0.1, -0.05) is 47.7 Å². The van der Waals surface area contributed by atoms with Crippen molar-refractivity contribution in [2.75, 3.05) is 0 Å². The van der Waals surface area contributed by atoms with Crippen LogP contribution in [0.25, 0.3) is 0 Å². The molecule has 0 atom stereocenters. The van der Waals surface area contributed by atoms with Crippen LogP contribution in [0.3, 0.4) is 0 Å². The summed E-state index contributed by atoms with van der Waals surface area (Å²) in [4.78, 5) is 44.2. The van der Waals surface area contributed by atoms with Crippen LogP contribution < -0.4 is 0 Å². The second-order valence-corrected chi connectivity index (χ2v) is 6.99. The monoisotopic (exact) mass is 398 g/mol. The molecule has 0 amide bonds. The van der Waals surface area contributed by atoms with Crippen molar-refractivity contribution in [1.82, 2.24) is 0 Å². The van der Waals surface area contributed by atoms with Gasteiger partial charge < -0.3 is 0 Å². The number of unbranched alkanes of at least 4 members (excludes halogenated alkanes) is 1. The highest BCUT2D eigenvalue weighted by molar-refractivity contribution is 5.90. The Morgan fingerprint density at radius 2 is 1.07 bits per heavy atom. The van der Waals surface area contributed by atoms with Crippen LogP contribution in [-0.4, -0.2) is 11.9 Å². The van der Waals surface area contributed by atoms with Gasteiger partial charge in [0.1, 0.15) is 0 Å². The zero-order chi connectivity index (χ0) is 21.4. The molecule has 154 valence electrons. The minimum Gasteiger partial charge on any atom is -0.289 e. The number of rotatable bonds is 9. The first-order valence-electron chi connectivity index (χ1n) is 9.38. The molecule has 2 aromatic rings. The molecular formula is C23H26O6. The zero-order valence-corrected chi connectivity index (χ0v) is 17.2. The maximum Gasteiger partial charge on any atom is 0.373 e. The van der Waals surface area contributed by atoms with E-state index in [1.165, 1.54) is 0 Å². The molecule has 0 fully saturated rings. The molecule has 0 saturated heterocycles. The van der Waals surface area contributed by atoms with Crippen molar-refractivity contribution in [3.05, 3.63) is 83.0 Å². The third-order valence-corrected chi connectivity index (χ3v) is 3.97. The summed E-state index contributed by atoms with van der Waals surface area (Å²) in [5, 5.41) is 0. The van der Waals surface area contributed by atoms with Gasteiger partial charge in [-0.2, -0.15) is 0 Å². The van der Waals surface area contributed by atoms with Crippen LogP contribution in [0.2, 0.25) is 0 Å². The van der Waals surface area contributed by atoms with E-state index < -0.39 is 11.9 Å². The Labute approximate surface area is 171 Å². The molecule has 0 spiro atoms. The highest BCUT2D eigenvalue weighted by Gasteiger charge is 2.21. The molecule has 0 aliphatic carbocycles. The normalized spacial score (nSPS) is 10.8. The van der Waals surface area contributed by atoms with Crippen LogP contribution in [0.5, 0.6) is 0 Å². The van der Waals surface area contributed by atoms with Gasteiger partial charge in [-0.25, -0.2) is 9.59 Å². The molecule has 6 heteroatoms. The van der Waals surface area contributed by atoms with E-state index in [0.29, 0.717) is 24.0 Å². The van der Waals surface area contributed by atoms with E-state index in [4.69, 9.17) is 19.6 Å². The van der Waals surface area contributed by atoms with Gasteiger partial charge in [0.25, 0.3) is 0 Å². The Hall–Kier alpha value is -2.70. The highest BCUT2D eigenvalue weighted by Crippen LogP contribution is 2.19. The molecule has 2 aromatic carbocycles. The average molecular weight is 398 g/mol. The van der Waals surface area contributed by atoms with Gasteiger partial charge in [-0.15, -0.1) is 9.78 Å². The van der Waals surface area contributed by atoms with Crippen molar-refractivity contribution < 1.29 is 29.1 Å². The Morgan fingerprint density at radius 1 is 0.690 bits per heavy atom. The third kappa shape index (κ3) is 7.33. The predicted molar refractivity (Wildman–Crippen MR) is 107 cm³/mol. The number of carbonyl (C=O) groups excluding carboxylic acids is 2. The summed E-state index contributed by atoms with van der Waals surface area (Å²) >= 11 is 0. The van der Waals surface area contributed by atoms with E-state index >= 15 is 0 Å². The molecule has 2 rings (SSSR count). The number of hydrogen-bond donors (Lipinski definition) is 0. The van der Waals surface area contributed by atoms with Crippen LogP contribution in [0, 0.1) is 40.9 Å². The quantitative estimate of drug-likeness (QED) is 0.422. The van der Waals surface area contributed by atoms with Gasteiger partial charge in [-0.3, -0.25) is 9.78 Å². The van der Waals surface area contributed by atoms with Crippen molar-refractivity contribution in [3.8, 4) is 0 Å². The molecule has 2 radical (unpaired) electrons. The summed E-state index contributed by atoms with van der Waals surface area (Å²) < 4.78 is 0. The first-order chi connectivity index (χ1) is 13.8. The molecule has 0 aliphatic rings. The lowest BCUT2D eigenvalue weighted by Gasteiger charge is -2.13. The van der Waals surface area contributed by atoms with E-state index in [2.05, 4.69) is 6.92 Å². The molecule has 0 heterocycles. The summed E-state index contributed by atoms with van der Waals surface area (Å²) in [6, 6.07) is 10.6. The SMILES string of the molecule is [CH2]CCC[C](OOC(=O)c1cc(C)cc(C)c1)OOC(=O)c1cc(C)cc(C)c1. The Balaban J connectivity index is 1.96. The van der Waals surface area contributed by atoms with Gasteiger partial charge in [0.15, 0.2) is 0 Å². The fraction of sp³-hybridized carbons (Fsp3) is 0.304. The van der Waals surface area contributed by atoms with Crippen molar-refractivity contribution in [2.24, 2.45) is 0 Å². The summed E-state index contributed by atoms with van der Waals surface area (Å²) in [5.74, 6) is -1.35. The van der Waals surface area contributed by atoms with Crippen molar-refractivity contribution >= 4 is 11.9 Å². The predicted octanol–water partition coefficient (Wildman–Crippen LogP) is 5.29. The Morgan fingerprint density at radius 3 is 1.41 bits per heavy atom. The molecule has 29 heavy (non-hydrogen) atoms. The molecule has 0 unspecified atom stereocenters. The maximum atomic E-state index is 12.2. The van der Waals surface area contributed by atoms with E-state index in [-0.39, 0.29) is 12.7 Å². The molecule has 0 aromatic heterocycles. The second-order valence-electron chi connectivity index (χ2n) is 6.99. The first kappa shape index (κ1) is 22.6. The second kappa shape index (κ2) is 10.7. The minimum atomic E-state index is -0.673. The minimum absolute atomic E-state index is 0.135. The molecular weight excluding hydrogens is 372 g/mol. The van der Waals surface area contributed by atoms with E-state index in [1.807, 2.05) is 39.8 Å². The van der Waals surface area contributed by atoms with Gasteiger partial charge >= 0.3 is 18.2 Å². The fourth-order valence-electron chi connectivity index (χ4n) is 2.82. The molecule has 0 aliphatic heterocycles. The summed E-state index contributed by atoms with van der Waals surface area (Å²) in [5.41, 5.74) is 4.42. The van der Waals surface area contributed by atoms with Crippen LogP contribution >= 0.6 is 0 Å². The number of hydrogen-bond acceptors (Lipinski definition) is 6. The molecule has 0 N–H and O–H groups in total. The van der Waals surface area contributed by atoms with Crippen molar-refractivity contribution in [3.63, 3.8) is 0 Å². The van der Waals surface area contributed by atoms with Crippen LogP contribution in [0.4, 0.5) is 0 Å². The topological polar surface area (TPSA) is 71.1 Å². The number of carbonyl (C=O) groups is 2. The van der Waals surface area contributed by atoms with Crippen LogP contribution in [0.15, 0.2) is 36.4 Å². The highest BCUT2D eigenvalue weighted by atomic mass is 17.3. The lowest BCUT2D eigenvalue weighted by molar-refractivity contribution is -0.363. The third-order valence-electron chi connectivity index (χ3n) is 3.97. The van der Waals surface area contributed by atoms with Crippen molar-refractivity contribution in [2.45, 2.75) is 47.0 Å². The standard InChI is InChI=1S/C23H26O6/c1-6-7-8-21(26-28-22(24)19-11-15(2)9-16(3)12-19)27-29-23(25)20-13-17(4)10-18(5)14-20/h9-14H,1,6-8H2,2-5H3. The Kier molecular flexibility index (Phi) is 8.36. The van der Waals surface area contributed by atoms with Crippen molar-refractivity contribution in [1.29, 1.82) is 0 Å². The van der Waals surface area contributed by atoms with E-state index in [9.17, 15) is 9.59 Å². The van der Waals surface area contributed by atoms with Gasteiger partial charge in [0.2, 0.25) is 0 Å². The smallest absolute Gasteiger partial charge is 0.289 e.